The molecule has 2 aromatic heterocycles. The van der Waals surface area contributed by atoms with Crippen molar-refractivity contribution in [2.45, 2.75) is 19.9 Å². The van der Waals surface area contributed by atoms with Crippen LogP contribution in [0.5, 0.6) is 0 Å². The molecule has 0 aromatic carbocycles. The van der Waals surface area contributed by atoms with Crippen LogP contribution in [0.15, 0.2) is 11.6 Å². The molecule has 0 spiro atoms. The van der Waals surface area contributed by atoms with E-state index in [2.05, 4.69) is 32.1 Å². The lowest BCUT2D eigenvalue weighted by Gasteiger charge is -2.21. The summed E-state index contributed by atoms with van der Waals surface area (Å²) in [4.78, 5) is 13.8. The third kappa shape index (κ3) is 3.39. The maximum Gasteiger partial charge on any atom is 0.185 e. The Morgan fingerprint density at radius 3 is 2.81 bits per heavy atom. The van der Waals surface area contributed by atoms with E-state index in [1.54, 1.807) is 17.5 Å². The van der Waals surface area contributed by atoms with Crippen molar-refractivity contribution in [1.29, 1.82) is 0 Å². The molecular weight excluding hydrogens is 306 g/mol. The molecule has 0 radical (unpaired) electrons. The van der Waals surface area contributed by atoms with Gasteiger partial charge in [-0.15, -0.1) is 11.3 Å². The summed E-state index contributed by atoms with van der Waals surface area (Å²) in [7, 11) is 1.97. The second kappa shape index (κ2) is 6.34. The van der Waals surface area contributed by atoms with Gasteiger partial charge in [-0.05, 0) is 13.3 Å². The Balaban J connectivity index is 1.62. The summed E-state index contributed by atoms with van der Waals surface area (Å²) in [5, 5.41) is 3.96. The minimum atomic E-state index is 0.694. The predicted molar refractivity (Wildman–Crippen MR) is 87.2 cm³/mol. The van der Waals surface area contributed by atoms with E-state index in [4.69, 9.17) is 11.6 Å². The van der Waals surface area contributed by atoms with Crippen molar-refractivity contribution in [1.82, 2.24) is 19.4 Å². The van der Waals surface area contributed by atoms with Crippen molar-refractivity contribution in [3.05, 3.63) is 28.2 Å². The van der Waals surface area contributed by atoms with Crippen LogP contribution in [0.1, 0.15) is 17.9 Å². The van der Waals surface area contributed by atoms with Crippen molar-refractivity contribution >= 4 is 28.1 Å². The van der Waals surface area contributed by atoms with Crippen molar-refractivity contribution in [3.8, 4) is 0 Å². The van der Waals surface area contributed by atoms with Crippen molar-refractivity contribution in [2.24, 2.45) is 7.05 Å². The molecule has 1 aliphatic heterocycles. The van der Waals surface area contributed by atoms with Crippen molar-refractivity contribution < 1.29 is 0 Å². The first-order chi connectivity index (χ1) is 10.1. The van der Waals surface area contributed by atoms with Gasteiger partial charge in [0.1, 0.15) is 11.0 Å². The zero-order valence-electron chi connectivity index (χ0n) is 12.4. The zero-order chi connectivity index (χ0) is 14.8. The molecule has 7 heteroatoms. The summed E-state index contributed by atoms with van der Waals surface area (Å²) in [5.74, 6) is 1.03. The lowest BCUT2D eigenvalue weighted by Crippen LogP contribution is -2.31. The van der Waals surface area contributed by atoms with E-state index in [-0.39, 0.29) is 0 Å². The molecule has 0 N–H and O–H groups in total. The Hall–Kier alpha value is -1.11. The molecule has 1 fully saturated rings. The average molecular weight is 326 g/mol. The average Bonchev–Trinajstić information content (AvgIpc) is 2.93. The predicted octanol–water partition coefficient (Wildman–Crippen LogP) is 2.55. The summed E-state index contributed by atoms with van der Waals surface area (Å²) < 4.78 is 1.95. The van der Waals surface area contributed by atoms with Gasteiger partial charge in [0.25, 0.3) is 0 Å². The normalized spacial score (nSPS) is 17.2. The standard InChI is InChI=1S/C14H20ClN5S/c1-11-10-21-14(17-11)20-5-3-4-19(6-7-20)9-13-16-8-12(15)18(13)2/h8,10H,3-7,9H2,1-2H3. The molecule has 3 rings (SSSR count). The molecule has 0 amide bonds. The SMILES string of the molecule is Cc1csc(N2CCCN(Cc3ncc(Cl)n3C)CC2)n1. The van der Waals surface area contributed by atoms with Crippen LogP contribution < -0.4 is 4.90 Å². The lowest BCUT2D eigenvalue weighted by atomic mass is 10.4. The number of hydrogen-bond acceptors (Lipinski definition) is 5. The highest BCUT2D eigenvalue weighted by atomic mass is 35.5. The fourth-order valence-corrected chi connectivity index (χ4v) is 3.58. The molecular formula is C14H20ClN5S. The summed E-state index contributed by atoms with van der Waals surface area (Å²) >= 11 is 7.79. The lowest BCUT2D eigenvalue weighted by molar-refractivity contribution is 0.275. The van der Waals surface area contributed by atoms with Crippen molar-refractivity contribution in [2.75, 3.05) is 31.1 Å². The van der Waals surface area contributed by atoms with Gasteiger partial charge in [-0.3, -0.25) is 4.90 Å². The second-order valence-electron chi connectivity index (χ2n) is 5.44. The first-order valence-corrected chi connectivity index (χ1v) is 8.45. The molecule has 0 bridgehead atoms. The highest BCUT2D eigenvalue weighted by Gasteiger charge is 2.18. The van der Waals surface area contributed by atoms with Crippen LogP contribution in [-0.2, 0) is 13.6 Å². The fraction of sp³-hybridized carbons (Fsp3) is 0.571. The molecule has 21 heavy (non-hydrogen) atoms. The van der Waals surface area contributed by atoms with Gasteiger partial charge in [0, 0.05) is 38.6 Å². The number of anilines is 1. The Morgan fingerprint density at radius 2 is 2.14 bits per heavy atom. The number of imidazole rings is 1. The Morgan fingerprint density at radius 1 is 1.29 bits per heavy atom. The van der Waals surface area contributed by atoms with Crippen LogP contribution in [0.4, 0.5) is 5.13 Å². The van der Waals surface area contributed by atoms with Crippen LogP contribution in [-0.4, -0.2) is 45.6 Å². The molecule has 2 aromatic rings. The van der Waals surface area contributed by atoms with Gasteiger partial charge in [0.2, 0.25) is 0 Å². The number of rotatable bonds is 3. The van der Waals surface area contributed by atoms with Crippen LogP contribution in [0.25, 0.3) is 0 Å². The fourth-order valence-electron chi connectivity index (χ4n) is 2.58. The number of thiazole rings is 1. The Kier molecular flexibility index (Phi) is 4.47. The number of hydrogen-bond donors (Lipinski definition) is 0. The summed E-state index contributed by atoms with van der Waals surface area (Å²) in [6.45, 7) is 7.12. The van der Waals surface area contributed by atoms with Crippen LogP contribution in [0.3, 0.4) is 0 Å². The molecule has 0 aliphatic carbocycles. The van der Waals surface area contributed by atoms with Gasteiger partial charge in [0.15, 0.2) is 5.13 Å². The van der Waals surface area contributed by atoms with Gasteiger partial charge in [0.05, 0.1) is 18.4 Å². The first kappa shape index (κ1) is 14.8. The zero-order valence-corrected chi connectivity index (χ0v) is 14.0. The number of aryl methyl sites for hydroxylation is 1. The molecule has 1 aliphatic rings. The molecule has 114 valence electrons. The van der Waals surface area contributed by atoms with E-state index in [0.29, 0.717) is 5.15 Å². The molecule has 5 nitrogen and oxygen atoms in total. The van der Waals surface area contributed by atoms with E-state index in [1.165, 1.54) is 0 Å². The number of halogens is 1. The molecule has 1 saturated heterocycles. The Labute approximate surface area is 134 Å². The van der Waals surface area contributed by atoms with Gasteiger partial charge < -0.3 is 9.47 Å². The summed E-state index contributed by atoms with van der Waals surface area (Å²) in [5.41, 5.74) is 1.11. The van der Waals surface area contributed by atoms with E-state index in [9.17, 15) is 0 Å². The topological polar surface area (TPSA) is 37.2 Å². The minimum Gasteiger partial charge on any atom is -0.347 e. The minimum absolute atomic E-state index is 0.694. The van der Waals surface area contributed by atoms with E-state index >= 15 is 0 Å². The molecule has 0 saturated carbocycles. The maximum atomic E-state index is 6.05. The highest BCUT2D eigenvalue weighted by Crippen LogP contribution is 2.22. The largest absolute Gasteiger partial charge is 0.347 e. The Bertz CT molecular complexity index is 608. The number of nitrogens with zero attached hydrogens (tertiary/aromatic N) is 5. The third-order valence-electron chi connectivity index (χ3n) is 3.86. The van der Waals surface area contributed by atoms with Crippen LogP contribution in [0, 0.1) is 6.92 Å². The van der Waals surface area contributed by atoms with E-state index in [1.807, 2.05) is 11.6 Å². The molecule has 0 unspecified atom stereocenters. The van der Waals surface area contributed by atoms with Gasteiger partial charge in [-0.2, -0.15) is 0 Å². The second-order valence-corrected chi connectivity index (χ2v) is 6.67. The molecule has 0 atom stereocenters. The van der Waals surface area contributed by atoms with Gasteiger partial charge in [-0.1, -0.05) is 11.6 Å². The maximum absolute atomic E-state index is 6.05. The van der Waals surface area contributed by atoms with Crippen LogP contribution in [0.2, 0.25) is 5.15 Å². The van der Waals surface area contributed by atoms with E-state index < -0.39 is 0 Å². The van der Waals surface area contributed by atoms with Crippen LogP contribution >= 0.6 is 22.9 Å². The van der Waals surface area contributed by atoms with E-state index in [0.717, 1.165) is 55.8 Å². The smallest absolute Gasteiger partial charge is 0.185 e. The molecule has 3 heterocycles. The van der Waals surface area contributed by atoms with Gasteiger partial charge >= 0.3 is 0 Å². The van der Waals surface area contributed by atoms with Crippen molar-refractivity contribution in [3.63, 3.8) is 0 Å². The first-order valence-electron chi connectivity index (χ1n) is 7.19. The van der Waals surface area contributed by atoms with Gasteiger partial charge in [-0.25, -0.2) is 9.97 Å². The summed E-state index contributed by atoms with van der Waals surface area (Å²) in [6, 6.07) is 0. The number of aromatic nitrogens is 3. The third-order valence-corrected chi connectivity index (χ3v) is 5.23. The monoisotopic (exact) mass is 325 g/mol. The quantitative estimate of drug-likeness (QED) is 0.869. The highest BCUT2D eigenvalue weighted by molar-refractivity contribution is 7.13. The summed E-state index contributed by atoms with van der Waals surface area (Å²) in [6.07, 6.45) is 2.87.